The molecule has 7 unspecified atom stereocenters. The van der Waals surface area contributed by atoms with Crippen molar-refractivity contribution in [2.24, 2.45) is 41.4 Å². The molecule has 0 saturated heterocycles. The number of halogens is 6. The van der Waals surface area contributed by atoms with E-state index >= 15 is 0 Å². The van der Waals surface area contributed by atoms with Crippen molar-refractivity contribution < 1.29 is 31.4 Å². The molecule has 3 aliphatic carbocycles. The lowest BCUT2D eigenvalue weighted by Crippen LogP contribution is -2.63. The SMILES string of the molecule is CC1CC(C)C2C3CC(CC3C(O)(C(F)(F)F)C(F)(F)F)C12. The third-order valence-corrected chi connectivity index (χ3v) is 6.59. The summed E-state index contributed by atoms with van der Waals surface area (Å²) >= 11 is 0. The number of aliphatic hydroxyl groups is 1. The molecule has 1 nitrogen and oxygen atoms in total. The maximum atomic E-state index is 13.1. The van der Waals surface area contributed by atoms with Crippen LogP contribution in [0.2, 0.25) is 0 Å². The first-order valence-corrected chi connectivity index (χ1v) is 7.75. The van der Waals surface area contributed by atoms with E-state index in [2.05, 4.69) is 0 Å². The van der Waals surface area contributed by atoms with Gasteiger partial charge in [0.25, 0.3) is 5.60 Å². The predicted octanol–water partition coefficient (Wildman–Crippen LogP) is 4.41. The van der Waals surface area contributed by atoms with E-state index in [9.17, 15) is 31.4 Å². The Balaban J connectivity index is 1.97. The van der Waals surface area contributed by atoms with Gasteiger partial charge in [0.15, 0.2) is 0 Å². The Morgan fingerprint density at radius 3 is 1.77 bits per heavy atom. The first-order valence-electron chi connectivity index (χ1n) is 7.75. The molecule has 0 spiro atoms. The van der Waals surface area contributed by atoms with Gasteiger partial charge in [0, 0.05) is 5.92 Å². The molecular formula is C15H20F6O. The third-order valence-electron chi connectivity index (χ3n) is 6.59. The second-order valence-electron chi connectivity index (χ2n) is 7.61. The normalized spacial score (nSPS) is 45.4. The quantitative estimate of drug-likeness (QED) is 0.706. The summed E-state index contributed by atoms with van der Waals surface area (Å²) in [7, 11) is 0. The number of hydrogen-bond acceptors (Lipinski definition) is 1. The molecule has 2 bridgehead atoms. The van der Waals surface area contributed by atoms with Gasteiger partial charge in [0.05, 0.1) is 0 Å². The molecule has 7 heteroatoms. The van der Waals surface area contributed by atoms with E-state index in [1.54, 1.807) is 0 Å². The molecule has 3 aliphatic rings. The molecular weight excluding hydrogens is 310 g/mol. The molecule has 3 rings (SSSR count). The van der Waals surface area contributed by atoms with Crippen molar-refractivity contribution >= 4 is 0 Å². The number of rotatable bonds is 1. The molecule has 0 amide bonds. The van der Waals surface area contributed by atoms with Gasteiger partial charge in [-0.05, 0) is 54.8 Å². The van der Waals surface area contributed by atoms with E-state index in [0.717, 1.165) is 6.42 Å². The van der Waals surface area contributed by atoms with E-state index in [0.29, 0.717) is 12.3 Å². The van der Waals surface area contributed by atoms with Crippen LogP contribution in [0, 0.1) is 41.4 Å². The van der Waals surface area contributed by atoms with E-state index < -0.39 is 29.8 Å². The van der Waals surface area contributed by atoms with Crippen LogP contribution in [0.25, 0.3) is 0 Å². The Hall–Kier alpha value is -0.460. The van der Waals surface area contributed by atoms with Gasteiger partial charge < -0.3 is 5.11 Å². The largest absolute Gasteiger partial charge is 0.426 e. The summed E-state index contributed by atoms with van der Waals surface area (Å²) in [5.74, 6) is -1.97. The van der Waals surface area contributed by atoms with Gasteiger partial charge >= 0.3 is 12.4 Å². The maximum absolute atomic E-state index is 13.1. The minimum Gasteiger partial charge on any atom is -0.373 e. The first kappa shape index (κ1) is 16.4. The van der Waals surface area contributed by atoms with Crippen LogP contribution in [0.3, 0.4) is 0 Å². The fraction of sp³-hybridized carbons (Fsp3) is 1.00. The Morgan fingerprint density at radius 1 is 0.773 bits per heavy atom. The topological polar surface area (TPSA) is 20.2 Å². The van der Waals surface area contributed by atoms with Crippen LogP contribution in [0.4, 0.5) is 26.3 Å². The highest BCUT2D eigenvalue weighted by Gasteiger charge is 2.77. The second-order valence-corrected chi connectivity index (χ2v) is 7.61. The molecule has 128 valence electrons. The molecule has 1 N–H and O–H groups in total. The van der Waals surface area contributed by atoms with Crippen molar-refractivity contribution in [1.82, 2.24) is 0 Å². The maximum Gasteiger partial charge on any atom is 0.426 e. The Kier molecular flexibility index (Phi) is 3.39. The van der Waals surface area contributed by atoms with Crippen molar-refractivity contribution in [3.05, 3.63) is 0 Å². The summed E-state index contributed by atoms with van der Waals surface area (Å²) < 4.78 is 78.7. The van der Waals surface area contributed by atoms with Crippen molar-refractivity contribution in [3.63, 3.8) is 0 Å². The van der Waals surface area contributed by atoms with Crippen LogP contribution in [-0.2, 0) is 0 Å². The molecule has 22 heavy (non-hydrogen) atoms. The second kappa shape index (κ2) is 4.54. The van der Waals surface area contributed by atoms with Gasteiger partial charge in [0.1, 0.15) is 0 Å². The molecule has 3 saturated carbocycles. The minimum atomic E-state index is -5.69. The summed E-state index contributed by atoms with van der Waals surface area (Å²) in [6.45, 7) is 3.95. The standard InChI is InChI=1S/C15H20F6O/c1-6-3-7(2)12-9-4-8(11(6)12)5-10(9)13(22,14(16,17)18)15(19,20)21/h6-12,22H,3-5H2,1-2H3. The molecule has 0 aromatic rings. The third kappa shape index (κ3) is 1.89. The average molecular weight is 330 g/mol. The highest BCUT2D eigenvalue weighted by atomic mass is 19.4. The smallest absolute Gasteiger partial charge is 0.373 e. The van der Waals surface area contributed by atoms with Gasteiger partial charge in [-0.25, -0.2) is 0 Å². The van der Waals surface area contributed by atoms with Crippen LogP contribution in [0.1, 0.15) is 33.1 Å². The Labute approximate surface area is 125 Å². The molecule has 0 aromatic carbocycles. The van der Waals surface area contributed by atoms with E-state index in [1.165, 1.54) is 0 Å². The Bertz CT molecular complexity index is 442. The number of hydrogen-bond donors (Lipinski definition) is 1. The van der Waals surface area contributed by atoms with E-state index in [-0.39, 0.29) is 30.1 Å². The van der Waals surface area contributed by atoms with Crippen LogP contribution >= 0.6 is 0 Å². The summed E-state index contributed by atoms with van der Waals surface area (Å²) in [4.78, 5) is 0. The fourth-order valence-electron chi connectivity index (χ4n) is 6.06. The zero-order valence-electron chi connectivity index (χ0n) is 12.4. The lowest BCUT2D eigenvalue weighted by atomic mass is 9.66. The number of fused-ring (bicyclic) bond motifs is 5. The number of alkyl halides is 6. The highest BCUT2D eigenvalue weighted by molar-refractivity contribution is 5.14. The molecule has 7 atom stereocenters. The average Bonchev–Trinajstić information content (AvgIpc) is 2.98. The van der Waals surface area contributed by atoms with Crippen molar-refractivity contribution in [1.29, 1.82) is 0 Å². The monoisotopic (exact) mass is 330 g/mol. The van der Waals surface area contributed by atoms with Crippen molar-refractivity contribution in [3.8, 4) is 0 Å². The van der Waals surface area contributed by atoms with Crippen molar-refractivity contribution in [2.75, 3.05) is 0 Å². The summed E-state index contributed by atoms with van der Waals surface area (Å²) in [6, 6.07) is 0. The zero-order chi connectivity index (χ0) is 16.7. The minimum absolute atomic E-state index is 0.115. The summed E-state index contributed by atoms with van der Waals surface area (Å²) in [6.07, 6.45) is -10.3. The lowest BCUT2D eigenvalue weighted by Gasteiger charge is -2.44. The molecule has 0 radical (unpaired) electrons. The lowest BCUT2D eigenvalue weighted by molar-refractivity contribution is -0.390. The zero-order valence-corrected chi connectivity index (χ0v) is 12.4. The van der Waals surface area contributed by atoms with Gasteiger partial charge in [-0.15, -0.1) is 0 Å². The molecule has 0 aliphatic heterocycles. The van der Waals surface area contributed by atoms with Gasteiger partial charge in [-0.1, -0.05) is 13.8 Å². The van der Waals surface area contributed by atoms with Crippen LogP contribution in [-0.4, -0.2) is 23.1 Å². The molecule has 3 fully saturated rings. The molecule has 0 aromatic heterocycles. The fourth-order valence-corrected chi connectivity index (χ4v) is 6.06. The highest BCUT2D eigenvalue weighted by Crippen LogP contribution is 2.68. The van der Waals surface area contributed by atoms with E-state index in [4.69, 9.17) is 0 Å². The van der Waals surface area contributed by atoms with Crippen LogP contribution in [0.15, 0.2) is 0 Å². The van der Waals surface area contributed by atoms with Gasteiger partial charge in [-0.3, -0.25) is 0 Å². The van der Waals surface area contributed by atoms with Crippen LogP contribution < -0.4 is 0 Å². The molecule has 0 heterocycles. The predicted molar refractivity (Wildman–Crippen MR) is 66.7 cm³/mol. The Morgan fingerprint density at radius 2 is 1.27 bits per heavy atom. The van der Waals surface area contributed by atoms with Crippen LogP contribution in [0.5, 0.6) is 0 Å². The summed E-state index contributed by atoms with van der Waals surface area (Å²) in [5.41, 5.74) is -4.57. The van der Waals surface area contributed by atoms with Gasteiger partial charge in [0.2, 0.25) is 0 Å². The summed E-state index contributed by atoms with van der Waals surface area (Å²) in [5, 5.41) is 9.73. The van der Waals surface area contributed by atoms with Crippen molar-refractivity contribution in [2.45, 2.75) is 51.1 Å². The van der Waals surface area contributed by atoms with Gasteiger partial charge in [-0.2, -0.15) is 26.3 Å². The first-order chi connectivity index (χ1) is 9.89. The van der Waals surface area contributed by atoms with E-state index in [1.807, 2.05) is 13.8 Å².